The van der Waals surface area contributed by atoms with Crippen molar-refractivity contribution < 1.29 is 4.74 Å². The molecular weight excluding hydrogens is 218 g/mol. The first kappa shape index (κ1) is 7.92. The number of aryl methyl sites for hydroxylation is 1. The molecule has 0 saturated heterocycles. The third-order valence-electron chi connectivity index (χ3n) is 1.90. The Hall–Kier alpha value is -0.700. The van der Waals surface area contributed by atoms with Crippen LogP contribution in [0.5, 0.6) is 5.75 Å². The van der Waals surface area contributed by atoms with Gasteiger partial charge in [0.1, 0.15) is 12.4 Å². The highest BCUT2D eigenvalue weighted by Crippen LogP contribution is 2.33. The largest absolute Gasteiger partial charge is 0.489 e. The number of halogens is 1. The molecule has 0 spiro atoms. The molecular formula is C9H10BrNO. The molecule has 1 aromatic rings. The Morgan fingerprint density at radius 3 is 3.17 bits per heavy atom. The minimum absolute atomic E-state index is 0.759. The summed E-state index contributed by atoms with van der Waals surface area (Å²) in [6.45, 7) is 3.70. The Bertz CT molecular complexity index is 312. The van der Waals surface area contributed by atoms with E-state index in [0.717, 1.165) is 29.1 Å². The lowest BCUT2D eigenvalue weighted by atomic mass is 10.2. The van der Waals surface area contributed by atoms with E-state index >= 15 is 0 Å². The summed E-state index contributed by atoms with van der Waals surface area (Å²) in [5.74, 6) is 0.990. The Kier molecular flexibility index (Phi) is 1.97. The van der Waals surface area contributed by atoms with Crippen LogP contribution in [0, 0.1) is 6.92 Å². The molecule has 0 aliphatic carbocycles. The van der Waals surface area contributed by atoms with Gasteiger partial charge in [-0.25, -0.2) is 0 Å². The van der Waals surface area contributed by atoms with Gasteiger partial charge in [-0.1, -0.05) is 15.9 Å². The molecule has 0 saturated carbocycles. The maximum absolute atomic E-state index is 5.53. The van der Waals surface area contributed by atoms with Gasteiger partial charge in [-0.15, -0.1) is 0 Å². The van der Waals surface area contributed by atoms with Crippen LogP contribution < -0.4 is 10.1 Å². The third kappa shape index (κ3) is 1.29. The highest BCUT2D eigenvalue weighted by atomic mass is 79.9. The van der Waals surface area contributed by atoms with Gasteiger partial charge in [-0.2, -0.15) is 0 Å². The van der Waals surface area contributed by atoms with Crippen LogP contribution in [-0.2, 0) is 0 Å². The first-order valence-electron chi connectivity index (χ1n) is 3.94. The molecule has 12 heavy (non-hydrogen) atoms. The molecule has 1 aliphatic heterocycles. The van der Waals surface area contributed by atoms with Crippen molar-refractivity contribution in [3.05, 3.63) is 22.2 Å². The van der Waals surface area contributed by atoms with Gasteiger partial charge in [0.05, 0.1) is 5.69 Å². The molecule has 1 heterocycles. The zero-order valence-corrected chi connectivity index (χ0v) is 8.44. The number of rotatable bonds is 0. The predicted molar refractivity (Wildman–Crippen MR) is 52.9 cm³/mol. The lowest BCUT2D eigenvalue weighted by Crippen LogP contribution is -2.18. The molecule has 1 aromatic carbocycles. The molecule has 0 atom stereocenters. The molecule has 0 unspecified atom stereocenters. The third-order valence-corrected chi connectivity index (χ3v) is 2.36. The first-order chi connectivity index (χ1) is 5.77. The Morgan fingerprint density at radius 2 is 2.33 bits per heavy atom. The number of hydrogen-bond donors (Lipinski definition) is 1. The van der Waals surface area contributed by atoms with Crippen LogP contribution in [0.25, 0.3) is 0 Å². The van der Waals surface area contributed by atoms with Gasteiger partial charge in [0.15, 0.2) is 0 Å². The SMILES string of the molecule is Cc1cc(Br)cc2c1OCCN2. The summed E-state index contributed by atoms with van der Waals surface area (Å²) < 4.78 is 6.62. The zero-order valence-electron chi connectivity index (χ0n) is 6.86. The van der Waals surface area contributed by atoms with E-state index in [-0.39, 0.29) is 0 Å². The second-order valence-corrected chi connectivity index (χ2v) is 3.79. The van der Waals surface area contributed by atoms with Crippen LogP contribution in [0.4, 0.5) is 5.69 Å². The summed E-state index contributed by atoms with van der Waals surface area (Å²) in [5.41, 5.74) is 2.26. The zero-order chi connectivity index (χ0) is 8.55. The second-order valence-electron chi connectivity index (χ2n) is 2.87. The van der Waals surface area contributed by atoms with Gasteiger partial charge >= 0.3 is 0 Å². The lowest BCUT2D eigenvalue weighted by Gasteiger charge is -2.21. The summed E-state index contributed by atoms with van der Waals surface area (Å²) in [6, 6.07) is 4.10. The average Bonchev–Trinajstić information content (AvgIpc) is 2.04. The summed E-state index contributed by atoms with van der Waals surface area (Å²) >= 11 is 3.45. The number of hydrogen-bond acceptors (Lipinski definition) is 2. The van der Waals surface area contributed by atoms with Crippen LogP contribution in [0.3, 0.4) is 0 Å². The quantitative estimate of drug-likeness (QED) is 0.736. The maximum atomic E-state index is 5.53. The van der Waals surface area contributed by atoms with Gasteiger partial charge in [0, 0.05) is 11.0 Å². The van der Waals surface area contributed by atoms with E-state index in [0.29, 0.717) is 0 Å². The lowest BCUT2D eigenvalue weighted by molar-refractivity contribution is 0.321. The van der Waals surface area contributed by atoms with Crippen LogP contribution >= 0.6 is 15.9 Å². The maximum Gasteiger partial charge on any atom is 0.145 e. The Labute approximate surface area is 80.1 Å². The smallest absolute Gasteiger partial charge is 0.145 e. The molecule has 2 nitrogen and oxygen atoms in total. The van der Waals surface area contributed by atoms with Gasteiger partial charge in [-0.05, 0) is 24.6 Å². The number of fused-ring (bicyclic) bond motifs is 1. The molecule has 0 aromatic heterocycles. The van der Waals surface area contributed by atoms with Crippen molar-refractivity contribution in [1.82, 2.24) is 0 Å². The summed E-state index contributed by atoms with van der Waals surface area (Å²) in [5, 5.41) is 3.29. The summed E-state index contributed by atoms with van der Waals surface area (Å²) in [6.07, 6.45) is 0. The molecule has 1 aliphatic rings. The fraction of sp³-hybridized carbons (Fsp3) is 0.333. The standard InChI is InChI=1S/C9H10BrNO/c1-6-4-7(10)5-8-9(6)12-3-2-11-8/h4-5,11H,2-3H2,1H3. The molecule has 3 heteroatoms. The topological polar surface area (TPSA) is 21.3 Å². The molecule has 0 bridgehead atoms. The predicted octanol–water partition coefficient (Wildman–Crippen LogP) is 2.56. The number of anilines is 1. The van der Waals surface area contributed by atoms with E-state index in [1.165, 1.54) is 5.56 Å². The van der Waals surface area contributed by atoms with Gasteiger partial charge in [-0.3, -0.25) is 0 Å². The van der Waals surface area contributed by atoms with E-state index in [2.05, 4.69) is 34.2 Å². The van der Waals surface area contributed by atoms with Crippen molar-refractivity contribution in [2.24, 2.45) is 0 Å². The first-order valence-corrected chi connectivity index (χ1v) is 4.73. The minimum atomic E-state index is 0.759. The van der Waals surface area contributed by atoms with Crippen molar-refractivity contribution in [1.29, 1.82) is 0 Å². The summed E-state index contributed by atoms with van der Waals surface area (Å²) in [7, 11) is 0. The minimum Gasteiger partial charge on any atom is -0.489 e. The highest BCUT2D eigenvalue weighted by molar-refractivity contribution is 9.10. The highest BCUT2D eigenvalue weighted by Gasteiger charge is 2.12. The molecule has 64 valence electrons. The van der Waals surface area contributed by atoms with Crippen molar-refractivity contribution >= 4 is 21.6 Å². The average molecular weight is 228 g/mol. The van der Waals surface area contributed by atoms with Crippen LogP contribution in [0.1, 0.15) is 5.56 Å². The van der Waals surface area contributed by atoms with Gasteiger partial charge < -0.3 is 10.1 Å². The fourth-order valence-corrected chi connectivity index (χ4v) is 1.96. The van der Waals surface area contributed by atoms with Gasteiger partial charge in [0.2, 0.25) is 0 Å². The number of nitrogens with one attached hydrogen (secondary N) is 1. The van der Waals surface area contributed by atoms with Crippen LogP contribution in [-0.4, -0.2) is 13.2 Å². The van der Waals surface area contributed by atoms with Gasteiger partial charge in [0.25, 0.3) is 0 Å². The fourth-order valence-electron chi connectivity index (χ4n) is 1.39. The van der Waals surface area contributed by atoms with E-state index in [4.69, 9.17) is 4.74 Å². The van der Waals surface area contributed by atoms with E-state index in [1.54, 1.807) is 0 Å². The molecule has 1 N–H and O–H groups in total. The van der Waals surface area contributed by atoms with Crippen molar-refractivity contribution in [3.63, 3.8) is 0 Å². The number of ether oxygens (including phenoxy) is 1. The normalized spacial score (nSPS) is 14.5. The van der Waals surface area contributed by atoms with Crippen molar-refractivity contribution in [3.8, 4) is 5.75 Å². The van der Waals surface area contributed by atoms with Crippen LogP contribution in [0.2, 0.25) is 0 Å². The Morgan fingerprint density at radius 1 is 1.50 bits per heavy atom. The molecule has 0 amide bonds. The monoisotopic (exact) mass is 227 g/mol. The van der Waals surface area contributed by atoms with E-state index < -0.39 is 0 Å². The molecule has 0 fully saturated rings. The second kappa shape index (κ2) is 2.98. The van der Waals surface area contributed by atoms with Crippen LogP contribution in [0.15, 0.2) is 16.6 Å². The van der Waals surface area contributed by atoms with E-state index in [1.807, 2.05) is 6.07 Å². The Balaban J connectivity index is 2.53. The number of benzene rings is 1. The van der Waals surface area contributed by atoms with E-state index in [9.17, 15) is 0 Å². The van der Waals surface area contributed by atoms with Crippen molar-refractivity contribution in [2.75, 3.05) is 18.5 Å². The molecule has 0 radical (unpaired) electrons. The van der Waals surface area contributed by atoms with Crippen molar-refractivity contribution in [2.45, 2.75) is 6.92 Å². The summed E-state index contributed by atoms with van der Waals surface area (Å²) in [4.78, 5) is 0. The molecule has 2 rings (SSSR count).